The molecule has 2 aromatic heterocycles. The predicted molar refractivity (Wildman–Crippen MR) is 70.4 cm³/mol. The Morgan fingerprint density at radius 2 is 2.47 bits per heavy atom. The van der Waals surface area contributed by atoms with Crippen LogP contribution < -0.4 is 0 Å². The van der Waals surface area contributed by atoms with Crippen molar-refractivity contribution >= 4 is 16.3 Å². The summed E-state index contributed by atoms with van der Waals surface area (Å²) in [7, 11) is 0. The van der Waals surface area contributed by atoms with E-state index in [9.17, 15) is 0 Å². The maximum atomic E-state index is 9.04. The molecule has 0 atom stereocenters. The second kappa shape index (κ2) is 5.44. The third-order valence-electron chi connectivity index (χ3n) is 2.74. The van der Waals surface area contributed by atoms with E-state index in [0.29, 0.717) is 6.54 Å². The molecule has 17 heavy (non-hydrogen) atoms. The van der Waals surface area contributed by atoms with Gasteiger partial charge in [0.2, 0.25) is 0 Å². The van der Waals surface area contributed by atoms with E-state index in [-0.39, 0.29) is 6.61 Å². The third-order valence-corrected chi connectivity index (χ3v) is 3.49. The second-order valence-corrected chi connectivity index (χ2v) is 4.82. The monoisotopic (exact) mass is 251 g/mol. The number of aliphatic hydroxyl groups is 1. The minimum absolute atomic E-state index is 0.165. The molecular weight excluding hydrogens is 234 g/mol. The minimum atomic E-state index is 0.165. The smallest absolute Gasteiger partial charge is 0.194 e. The lowest BCUT2D eigenvalue weighted by molar-refractivity contribution is 0.201. The zero-order chi connectivity index (χ0) is 12.3. The summed E-state index contributed by atoms with van der Waals surface area (Å²) < 4.78 is 2.12. The van der Waals surface area contributed by atoms with E-state index >= 15 is 0 Å². The lowest BCUT2D eigenvalue weighted by Crippen LogP contribution is -2.27. The van der Waals surface area contributed by atoms with Crippen LogP contribution in [0.1, 0.15) is 11.4 Å². The Labute approximate surface area is 105 Å². The van der Waals surface area contributed by atoms with E-state index in [0.717, 1.165) is 23.7 Å². The number of nitrogens with zero attached hydrogens (tertiary/aromatic N) is 3. The Balaban J connectivity index is 2.22. The standard InChI is InChI=1S/C12H17N3OS/c1-3-4-14(5-7-16)9-11-10(2)13-12-15(11)6-8-17-12/h3,6,8,16H,1,4-5,7,9H2,2H3. The van der Waals surface area contributed by atoms with Crippen LogP contribution in [0.15, 0.2) is 24.2 Å². The zero-order valence-corrected chi connectivity index (χ0v) is 10.8. The Bertz CT molecular complexity index is 503. The average Bonchev–Trinajstić information content (AvgIpc) is 2.83. The lowest BCUT2D eigenvalue weighted by Gasteiger charge is -2.19. The Kier molecular flexibility index (Phi) is 3.93. The molecule has 4 nitrogen and oxygen atoms in total. The molecule has 0 aliphatic heterocycles. The molecule has 2 rings (SSSR count). The summed E-state index contributed by atoms with van der Waals surface area (Å²) in [6.07, 6.45) is 3.90. The topological polar surface area (TPSA) is 40.8 Å². The highest BCUT2D eigenvalue weighted by molar-refractivity contribution is 7.15. The van der Waals surface area contributed by atoms with Crippen molar-refractivity contribution in [3.63, 3.8) is 0 Å². The van der Waals surface area contributed by atoms with Crippen LogP contribution in [0.5, 0.6) is 0 Å². The molecule has 0 bridgehead atoms. The van der Waals surface area contributed by atoms with Crippen LogP contribution in [0, 0.1) is 6.92 Å². The molecule has 0 radical (unpaired) electrons. The van der Waals surface area contributed by atoms with Crippen molar-refractivity contribution in [2.75, 3.05) is 19.7 Å². The van der Waals surface area contributed by atoms with Gasteiger partial charge in [-0.25, -0.2) is 4.98 Å². The zero-order valence-electron chi connectivity index (χ0n) is 9.96. The second-order valence-electron chi connectivity index (χ2n) is 3.95. The van der Waals surface area contributed by atoms with E-state index in [1.165, 1.54) is 5.69 Å². The Hall–Kier alpha value is -1.17. The maximum absolute atomic E-state index is 9.04. The molecular formula is C12H17N3OS. The van der Waals surface area contributed by atoms with Crippen molar-refractivity contribution in [3.8, 4) is 0 Å². The van der Waals surface area contributed by atoms with Gasteiger partial charge in [0.1, 0.15) is 0 Å². The molecule has 92 valence electrons. The van der Waals surface area contributed by atoms with Crippen LogP contribution in [0.4, 0.5) is 0 Å². The molecule has 0 saturated heterocycles. The first-order valence-electron chi connectivity index (χ1n) is 5.61. The van der Waals surface area contributed by atoms with Crippen molar-refractivity contribution in [2.45, 2.75) is 13.5 Å². The summed E-state index contributed by atoms with van der Waals surface area (Å²) in [5, 5.41) is 11.1. The summed E-state index contributed by atoms with van der Waals surface area (Å²) >= 11 is 1.64. The van der Waals surface area contributed by atoms with Crippen LogP contribution >= 0.6 is 11.3 Å². The quantitative estimate of drug-likeness (QED) is 0.794. The van der Waals surface area contributed by atoms with Crippen LogP contribution in [-0.2, 0) is 6.54 Å². The summed E-state index contributed by atoms with van der Waals surface area (Å²) in [6.45, 7) is 8.15. The molecule has 0 saturated carbocycles. The van der Waals surface area contributed by atoms with Crippen molar-refractivity contribution in [1.82, 2.24) is 14.3 Å². The maximum Gasteiger partial charge on any atom is 0.194 e. The number of hydrogen-bond acceptors (Lipinski definition) is 4. The highest BCUT2D eigenvalue weighted by atomic mass is 32.1. The van der Waals surface area contributed by atoms with Gasteiger partial charge in [-0.1, -0.05) is 6.08 Å². The van der Waals surface area contributed by atoms with Gasteiger partial charge in [0, 0.05) is 31.2 Å². The van der Waals surface area contributed by atoms with Gasteiger partial charge in [-0.15, -0.1) is 17.9 Å². The highest BCUT2D eigenvalue weighted by Crippen LogP contribution is 2.18. The number of thiazole rings is 1. The largest absolute Gasteiger partial charge is 0.395 e. The molecule has 0 aliphatic rings. The van der Waals surface area contributed by atoms with Crippen molar-refractivity contribution in [2.24, 2.45) is 0 Å². The van der Waals surface area contributed by atoms with Crippen molar-refractivity contribution < 1.29 is 5.11 Å². The van der Waals surface area contributed by atoms with Gasteiger partial charge in [0.05, 0.1) is 18.0 Å². The molecule has 0 spiro atoms. The summed E-state index contributed by atoms with van der Waals surface area (Å²) in [4.78, 5) is 7.69. The van der Waals surface area contributed by atoms with Gasteiger partial charge >= 0.3 is 0 Å². The molecule has 5 heteroatoms. The molecule has 0 aliphatic carbocycles. The minimum Gasteiger partial charge on any atom is -0.395 e. The van der Waals surface area contributed by atoms with E-state index in [4.69, 9.17) is 5.11 Å². The summed E-state index contributed by atoms with van der Waals surface area (Å²) in [5.41, 5.74) is 2.25. The van der Waals surface area contributed by atoms with Gasteiger partial charge in [0.15, 0.2) is 4.96 Å². The lowest BCUT2D eigenvalue weighted by atomic mass is 10.3. The van der Waals surface area contributed by atoms with Gasteiger partial charge in [-0.2, -0.15) is 0 Å². The fraction of sp³-hybridized carbons (Fsp3) is 0.417. The number of fused-ring (bicyclic) bond motifs is 1. The Morgan fingerprint density at radius 1 is 1.65 bits per heavy atom. The first-order valence-corrected chi connectivity index (χ1v) is 6.49. The van der Waals surface area contributed by atoms with E-state index in [1.807, 2.05) is 24.6 Å². The van der Waals surface area contributed by atoms with E-state index in [2.05, 4.69) is 20.9 Å². The summed E-state index contributed by atoms with van der Waals surface area (Å²) in [6, 6.07) is 0. The third kappa shape index (κ3) is 2.57. The van der Waals surface area contributed by atoms with E-state index < -0.39 is 0 Å². The molecule has 2 heterocycles. The average molecular weight is 251 g/mol. The molecule has 0 fully saturated rings. The van der Waals surface area contributed by atoms with Crippen LogP contribution in [0.2, 0.25) is 0 Å². The van der Waals surface area contributed by atoms with Gasteiger partial charge in [0.25, 0.3) is 0 Å². The number of imidazole rings is 1. The van der Waals surface area contributed by atoms with Crippen LogP contribution in [0.25, 0.3) is 4.96 Å². The van der Waals surface area contributed by atoms with Crippen molar-refractivity contribution in [3.05, 3.63) is 35.6 Å². The number of hydrogen-bond donors (Lipinski definition) is 1. The molecule has 0 aromatic carbocycles. The van der Waals surface area contributed by atoms with Gasteiger partial charge in [-0.05, 0) is 6.92 Å². The number of aliphatic hydroxyl groups excluding tert-OH is 1. The van der Waals surface area contributed by atoms with E-state index in [1.54, 1.807) is 11.3 Å². The van der Waals surface area contributed by atoms with Crippen molar-refractivity contribution in [1.29, 1.82) is 0 Å². The van der Waals surface area contributed by atoms with Crippen LogP contribution in [0.3, 0.4) is 0 Å². The normalized spacial score (nSPS) is 11.5. The molecule has 1 N–H and O–H groups in total. The molecule has 0 amide bonds. The highest BCUT2D eigenvalue weighted by Gasteiger charge is 2.12. The molecule has 0 unspecified atom stereocenters. The number of aromatic nitrogens is 2. The number of rotatable bonds is 6. The fourth-order valence-corrected chi connectivity index (χ4v) is 2.68. The SMILES string of the molecule is C=CCN(CCO)Cc1c(C)nc2sccn12. The number of aryl methyl sites for hydroxylation is 1. The summed E-state index contributed by atoms with van der Waals surface area (Å²) in [5.74, 6) is 0. The van der Waals surface area contributed by atoms with Crippen LogP contribution in [-0.4, -0.2) is 39.1 Å². The fourth-order valence-electron chi connectivity index (χ4n) is 1.90. The first kappa shape index (κ1) is 12.3. The Morgan fingerprint density at radius 3 is 3.18 bits per heavy atom. The van der Waals surface area contributed by atoms with Gasteiger partial charge in [-0.3, -0.25) is 9.30 Å². The molecule has 2 aromatic rings. The first-order chi connectivity index (χ1) is 8.26. The predicted octanol–water partition coefficient (Wildman–Crippen LogP) is 1.68. The van der Waals surface area contributed by atoms with Gasteiger partial charge < -0.3 is 5.11 Å².